The van der Waals surface area contributed by atoms with Crippen LogP contribution < -0.4 is 4.74 Å². The van der Waals surface area contributed by atoms with Crippen LogP contribution in [0.3, 0.4) is 0 Å². The molecule has 1 aromatic carbocycles. The molecule has 0 unspecified atom stereocenters. The maximum atomic E-state index is 11.4. The molecule has 16 heavy (non-hydrogen) atoms. The number of aryl methyl sites for hydroxylation is 2. The SMILES string of the molecule is C/C=C/C=C/C(=O)Oc1ccc(C)cc1C. The van der Waals surface area contributed by atoms with Crippen LogP contribution in [0, 0.1) is 13.8 Å². The summed E-state index contributed by atoms with van der Waals surface area (Å²) in [6.07, 6.45) is 6.69. The van der Waals surface area contributed by atoms with Crippen molar-refractivity contribution in [3.8, 4) is 5.75 Å². The molecule has 0 aliphatic heterocycles. The van der Waals surface area contributed by atoms with Gasteiger partial charge in [0.2, 0.25) is 0 Å². The summed E-state index contributed by atoms with van der Waals surface area (Å²) in [4.78, 5) is 11.4. The Kier molecular flexibility index (Phi) is 4.52. The van der Waals surface area contributed by atoms with E-state index >= 15 is 0 Å². The zero-order valence-electron chi connectivity index (χ0n) is 9.86. The van der Waals surface area contributed by atoms with Gasteiger partial charge < -0.3 is 4.74 Å². The van der Waals surface area contributed by atoms with E-state index in [2.05, 4.69) is 0 Å². The Morgan fingerprint density at radius 2 is 2.00 bits per heavy atom. The molecule has 1 aromatic rings. The van der Waals surface area contributed by atoms with E-state index in [9.17, 15) is 4.79 Å². The lowest BCUT2D eigenvalue weighted by Crippen LogP contribution is -2.04. The average Bonchev–Trinajstić information content (AvgIpc) is 2.23. The fraction of sp³-hybridized carbons (Fsp3) is 0.214. The minimum absolute atomic E-state index is 0.356. The molecule has 0 atom stereocenters. The summed E-state index contributed by atoms with van der Waals surface area (Å²) in [5, 5.41) is 0. The largest absolute Gasteiger partial charge is 0.423 e. The van der Waals surface area contributed by atoms with Gasteiger partial charge in [-0.3, -0.25) is 0 Å². The Morgan fingerprint density at radius 3 is 2.62 bits per heavy atom. The van der Waals surface area contributed by atoms with E-state index in [4.69, 9.17) is 4.74 Å². The van der Waals surface area contributed by atoms with Gasteiger partial charge in [0.25, 0.3) is 0 Å². The first kappa shape index (κ1) is 12.2. The van der Waals surface area contributed by atoms with Crippen LogP contribution in [-0.2, 0) is 4.79 Å². The lowest BCUT2D eigenvalue weighted by atomic mass is 10.1. The molecule has 0 spiro atoms. The van der Waals surface area contributed by atoms with Gasteiger partial charge in [0.15, 0.2) is 0 Å². The molecule has 0 heterocycles. The summed E-state index contributed by atoms with van der Waals surface area (Å²) in [5.41, 5.74) is 2.12. The Balaban J connectivity index is 2.70. The van der Waals surface area contributed by atoms with E-state index in [1.807, 2.05) is 45.0 Å². The molecule has 1 rings (SSSR count). The van der Waals surface area contributed by atoms with Gasteiger partial charge in [-0.1, -0.05) is 35.9 Å². The van der Waals surface area contributed by atoms with Crippen LogP contribution in [0.5, 0.6) is 5.75 Å². The van der Waals surface area contributed by atoms with Gasteiger partial charge in [0.05, 0.1) is 0 Å². The van der Waals surface area contributed by atoms with E-state index in [-0.39, 0.29) is 5.97 Å². The standard InChI is InChI=1S/C14H16O2/c1-4-5-6-7-14(15)16-13-9-8-11(2)10-12(13)3/h4-10H,1-3H3/b5-4+,7-6+. The molecule has 0 saturated heterocycles. The third-order valence-electron chi connectivity index (χ3n) is 2.08. The predicted molar refractivity (Wildman–Crippen MR) is 65.5 cm³/mol. The molecular formula is C14H16O2. The van der Waals surface area contributed by atoms with Crippen molar-refractivity contribution in [2.45, 2.75) is 20.8 Å². The summed E-state index contributed by atoms with van der Waals surface area (Å²) in [6.45, 7) is 5.82. The van der Waals surface area contributed by atoms with Gasteiger partial charge in [-0.15, -0.1) is 0 Å². The molecule has 84 valence electrons. The van der Waals surface area contributed by atoms with Crippen LogP contribution in [0.15, 0.2) is 42.5 Å². The lowest BCUT2D eigenvalue weighted by molar-refractivity contribution is -0.129. The Hall–Kier alpha value is -1.83. The highest BCUT2D eigenvalue weighted by Gasteiger charge is 2.03. The summed E-state index contributed by atoms with van der Waals surface area (Å²) >= 11 is 0. The van der Waals surface area contributed by atoms with E-state index < -0.39 is 0 Å². The second-order valence-corrected chi connectivity index (χ2v) is 3.57. The molecule has 0 N–H and O–H groups in total. The molecule has 2 nitrogen and oxygen atoms in total. The summed E-state index contributed by atoms with van der Waals surface area (Å²) in [7, 11) is 0. The number of hydrogen-bond donors (Lipinski definition) is 0. The fourth-order valence-electron chi connectivity index (χ4n) is 1.30. The van der Waals surface area contributed by atoms with Gasteiger partial charge >= 0.3 is 5.97 Å². The summed E-state index contributed by atoms with van der Waals surface area (Å²) in [6, 6.07) is 5.72. The van der Waals surface area contributed by atoms with Crippen LogP contribution in [0.4, 0.5) is 0 Å². The molecule has 0 aliphatic carbocycles. The summed E-state index contributed by atoms with van der Waals surface area (Å²) < 4.78 is 5.19. The minimum Gasteiger partial charge on any atom is -0.423 e. The van der Waals surface area contributed by atoms with Crippen molar-refractivity contribution in [1.29, 1.82) is 0 Å². The van der Waals surface area contributed by atoms with Crippen LogP contribution in [0.1, 0.15) is 18.1 Å². The van der Waals surface area contributed by atoms with Crippen LogP contribution >= 0.6 is 0 Å². The van der Waals surface area contributed by atoms with Gasteiger partial charge in [0.1, 0.15) is 5.75 Å². The molecule has 0 amide bonds. The molecule has 0 bridgehead atoms. The molecule has 0 fully saturated rings. The van der Waals surface area contributed by atoms with E-state index in [1.165, 1.54) is 6.08 Å². The first-order chi connectivity index (χ1) is 7.63. The monoisotopic (exact) mass is 216 g/mol. The maximum Gasteiger partial charge on any atom is 0.336 e. The number of carbonyl (C=O) groups is 1. The van der Waals surface area contributed by atoms with Crippen molar-refractivity contribution in [2.75, 3.05) is 0 Å². The maximum absolute atomic E-state index is 11.4. The second-order valence-electron chi connectivity index (χ2n) is 3.57. The molecule has 0 aromatic heterocycles. The number of hydrogen-bond acceptors (Lipinski definition) is 2. The van der Waals surface area contributed by atoms with Gasteiger partial charge in [-0.05, 0) is 32.4 Å². The molecular weight excluding hydrogens is 200 g/mol. The van der Waals surface area contributed by atoms with Crippen molar-refractivity contribution < 1.29 is 9.53 Å². The zero-order chi connectivity index (χ0) is 12.0. The van der Waals surface area contributed by atoms with Gasteiger partial charge in [0, 0.05) is 6.08 Å². The Morgan fingerprint density at radius 1 is 1.25 bits per heavy atom. The highest BCUT2D eigenvalue weighted by atomic mass is 16.5. The highest BCUT2D eigenvalue weighted by molar-refractivity contribution is 5.84. The zero-order valence-corrected chi connectivity index (χ0v) is 9.86. The van der Waals surface area contributed by atoms with Crippen molar-refractivity contribution >= 4 is 5.97 Å². The molecule has 0 saturated carbocycles. The Bertz CT molecular complexity index is 428. The quantitative estimate of drug-likeness (QED) is 0.335. The number of allylic oxidation sites excluding steroid dienone is 3. The van der Waals surface area contributed by atoms with Crippen LogP contribution in [0.25, 0.3) is 0 Å². The predicted octanol–water partition coefficient (Wildman–Crippen LogP) is 3.34. The topological polar surface area (TPSA) is 26.3 Å². The van der Waals surface area contributed by atoms with Crippen molar-refractivity contribution in [1.82, 2.24) is 0 Å². The smallest absolute Gasteiger partial charge is 0.336 e. The van der Waals surface area contributed by atoms with E-state index in [0.717, 1.165) is 11.1 Å². The number of ether oxygens (including phenoxy) is 1. The third kappa shape index (κ3) is 3.73. The van der Waals surface area contributed by atoms with Crippen molar-refractivity contribution in [3.05, 3.63) is 53.6 Å². The van der Waals surface area contributed by atoms with Crippen LogP contribution in [-0.4, -0.2) is 5.97 Å². The first-order valence-corrected chi connectivity index (χ1v) is 5.22. The number of esters is 1. The average molecular weight is 216 g/mol. The first-order valence-electron chi connectivity index (χ1n) is 5.22. The molecule has 2 heteroatoms. The van der Waals surface area contributed by atoms with Crippen molar-refractivity contribution in [2.24, 2.45) is 0 Å². The molecule has 0 aliphatic rings. The number of carbonyl (C=O) groups excluding carboxylic acids is 1. The number of benzene rings is 1. The number of rotatable bonds is 3. The third-order valence-corrected chi connectivity index (χ3v) is 2.08. The van der Waals surface area contributed by atoms with E-state index in [0.29, 0.717) is 5.75 Å². The molecule has 0 radical (unpaired) electrons. The van der Waals surface area contributed by atoms with Crippen molar-refractivity contribution in [3.63, 3.8) is 0 Å². The lowest BCUT2D eigenvalue weighted by Gasteiger charge is -2.05. The van der Waals surface area contributed by atoms with E-state index in [1.54, 1.807) is 12.2 Å². The second kappa shape index (κ2) is 5.91. The minimum atomic E-state index is -0.356. The normalized spacial score (nSPS) is 11.2. The Labute approximate surface area is 96.2 Å². The summed E-state index contributed by atoms with van der Waals surface area (Å²) in [5.74, 6) is 0.255. The van der Waals surface area contributed by atoms with Crippen LogP contribution in [0.2, 0.25) is 0 Å². The highest BCUT2D eigenvalue weighted by Crippen LogP contribution is 2.18. The van der Waals surface area contributed by atoms with Gasteiger partial charge in [-0.25, -0.2) is 4.79 Å². The fourth-order valence-corrected chi connectivity index (χ4v) is 1.30. The van der Waals surface area contributed by atoms with Gasteiger partial charge in [-0.2, -0.15) is 0 Å².